The quantitative estimate of drug-likeness (QED) is 0.825. The van der Waals surface area contributed by atoms with Gasteiger partial charge in [0, 0.05) is 35.9 Å². The number of carbonyl (C=O) groups is 1. The minimum atomic E-state index is -0.115. The van der Waals surface area contributed by atoms with Crippen LogP contribution in [0.3, 0.4) is 0 Å². The lowest BCUT2D eigenvalue weighted by Crippen LogP contribution is -2.34. The van der Waals surface area contributed by atoms with Crippen LogP contribution in [0.1, 0.15) is 23.7 Å². The molecule has 0 saturated carbocycles. The number of hydrogen-bond acceptors (Lipinski definition) is 3. The Morgan fingerprint density at radius 1 is 1.58 bits per heavy atom. The van der Waals surface area contributed by atoms with E-state index < -0.39 is 0 Å². The second-order valence-corrected chi connectivity index (χ2v) is 4.63. The van der Waals surface area contributed by atoms with Crippen LogP contribution in [0.4, 0.5) is 5.69 Å². The van der Waals surface area contributed by atoms with E-state index in [-0.39, 0.29) is 11.9 Å². The Labute approximate surface area is 111 Å². The van der Waals surface area contributed by atoms with Crippen LogP contribution in [0.25, 0.3) is 10.9 Å². The topological polar surface area (TPSA) is 85.9 Å². The number of amides is 1. The lowest BCUT2D eigenvalue weighted by molar-refractivity contribution is 0.0748. The first-order chi connectivity index (χ1) is 9.04. The summed E-state index contributed by atoms with van der Waals surface area (Å²) < 4.78 is 0. The zero-order chi connectivity index (χ0) is 14.0. The Hall–Kier alpha value is -2.48. The summed E-state index contributed by atoms with van der Waals surface area (Å²) in [6.45, 7) is 1.86. The van der Waals surface area contributed by atoms with E-state index in [0.29, 0.717) is 17.7 Å². The minimum absolute atomic E-state index is 0.0984. The fourth-order valence-corrected chi connectivity index (χ4v) is 1.98. The molecule has 5 heteroatoms. The largest absolute Gasteiger partial charge is 0.399 e. The third-order valence-corrected chi connectivity index (χ3v) is 3.30. The molecule has 0 radical (unpaired) electrons. The molecule has 1 atom stereocenters. The molecule has 1 heterocycles. The van der Waals surface area contributed by atoms with E-state index in [1.807, 2.05) is 13.0 Å². The van der Waals surface area contributed by atoms with Gasteiger partial charge in [-0.25, -0.2) is 0 Å². The van der Waals surface area contributed by atoms with Crippen LogP contribution < -0.4 is 5.73 Å². The predicted octanol–water partition coefficient (Wildman–Crippen LogP) is 2.12. The normalized spacial score (nSPS) is 12.1. The molecule has 0 spiro atoms. The fraction of sp³-hybridized carbons (Fsp3) is 0.286. The Bertz CT molecular complexity index is 653. The fourth-order valence-electron chi connectivity index (χ4n) is 1.98. The summed E-state index contributed by atoms with van der Waals surface area (Å²) in [5.74, 6) is -0.0984. The molecule has 1 amide bonds. The van der Waals surface area contributed by atoms with E-state index in [1.165, 1.54) is 0 Å². The zero-order valence-electron chi connectivity index (χ0n) is 11.0. The number of nitrogen functional groups attached to an aromatic ring is 1. The summed E-state index contributed by atoms with van der Waals surface area (Å²) in [5.41, 5.74) is 7.79. The van der Waals surface area contributed by atoms with E-state index in [2.05, 4.69) is 11.1 Å². The maximum absolute atomic E-state index is 12.4. The molecule has 0 fully saturated rings. The van der Waals surface area contributed by atoms with Crippen LogP contribution in [0, 0.1) is 11.3 Å². The minimum Gasteiger partial charge on any atom is -0.399 e. The highest BCUT2D eigenvalue weighted by molar-refractivity contribution is 6.07. The first-order valence-corrected chi connectivity index (χ1v) is 6.05. The van der Waals surface area contributed by atoms with Crippen molar-refractivity contribution in [3.8, 4) is 6.07 Å². The van der Waals surface area contributed by atoms with Gasteiger partial charge in [0.1, 0.15) is 0 Å². The van der Waals surface area contributed by atoms with Crippen molar-refractivity contribution in [2.75, 3.05) is 12.8 Å². The molecule has 98 valence electrons. The number of nitrogens with zero attached hydrogens (tertiary/aromatic N) is 2. The van der Waals surface area contributed by atoms with Crippen LogP contribution >= 0.6 is 0 Å². The van der Waals surface area contributed by atoms with Crippen molar-refractivity contribution in [3.63, 3.8) is 0 Å². The maximum atomic E-state index is 12.4. The molecule has 0 bridgehead atoms. The molecule has 0 aliphatic heterocycles. The summed E-state index contributed by atoms with van der Waals surface area (Å²) >= 11 is 0. The van der Waals surface area contributed by atoms with Gasteiger partial charge in [-0.1, -0.05) is 0 Å². The van der Waals surface area contributed by atoms with Gasteiger partial charge in [0.15, 0.2) is 0 Å². The van der Waals surface area contributed by atoms with Crippen molar-refractivity contribution in [2.45, 2.75) is 19.4 Å². The monoisotopic (exact) mass is 256 g/mol. The molecule has 1 aromatic carbocycles. The number of aromatic nitrogens is 1. The Morgan fingerprint density at radius 2 is 2.32 bits per heavy atom. The van der Waals surface area contributed by atoms with Crippen molar-refractivity contribution in [3.05, 3.63) is 30.0 Å². The highest BCUT2D eigenvalue weighted by Crippen LogP contribution is 2.22. The number of rotatable bonds is 3. The van der Waals surface area contributed by atoms with Gasteiger partial charge in [-0.05, 0) is 25.1 Å². The van der Waals surface area contributed by atoms with Gasteiger partial charge in [-0.3, -0.25) is 4.79 Å². The number of anilines is 1. The van der Waals surface area contributed by atoms with Crippen molar-refractivity contribution in [1.29, 1.82) is 5.26 Å². The summed E-state index contributed by atoms with van der Waals surface area (Å²) in [6.07, 6.45) is 2.00. The molecule has 0 aliphatic carbocycles. The smallest absolute Gasteiger partial charge is 0.256 e. The number of nitriles is 1. The van der Waals surface area contributed by atoms with Crippen molar-refractivity contribution >= 4 is 22.5 Å². The predicted molar refractivity (Wildman–Crippen MR) is 74.5 cm³/mol. The highest BCUT2D eigenvalue weighted by atomic mass is 16.2. The third-order valence-electron chi connectivity index (χ3n) is 3.30. The Morgan fingerprint density at radius 3 is 3.00 bits per heavy atom. The maximum Gasteiger partial charge on any atom is 0.256 e. The molecule has 19 heavy (non-hydrogen) atoms. The molecule has 1 aromatic heterocycles. The zero-order valence-corrected chi connectivity index (χ0v) is 11.0. The Balaban J connectivity index is 2.34. The van der Waals surface area contributed by atoms with Gasteiger partial charge >= 0.3 is 0 Å². The van der Waals surface area contributed by atoms with E-state index >= 15 is 0 Å². The van der Waals surface area contributed by atoms with Crippen molar-refractivity contribution in [2.24, 2.45) is 0 Å². The molecule has 0 saturated heterocycles. The van der Waals surface area contributed by atoms with Crippen LogP contribution in [-0.2, 0) is 0 Å². The summed E-state index contributed by atoms with van der Waals surface area (Å²) in [5, 5.41) is 9.53. The number of carbonyl (C=O) groups excluding carboxylic acids is 1. The SMILES string of the molecule is CC(CC#N)N(C)C(=O)c1c[nH]c2cc(N)ccc12. The lowest BCUT2D eigenvalue weighted by atomic mass is 10.1. The average Bonchev–Trinajstić information content (AvgIpc) is 2.80. The van der Waals surface area contributed by atoms with Gasteiger partial charge < -0.3 is 15.6 Å². The molecule has 2 rings (SSSR count). The van der Waals surface area contributed by atoms with Gasteiger partial charge in [0.05, 0.1) is 18.1 Å². The van der Waals surface area contributed by atoms with Crippen LogP contribution in [0.5, 0.6) is 0 Å². The van der Waals surface area contributed by atoms with E-state index in [1.54, 1.807) is 30.3 Å². The molecular weight excluding hydrogens is 240 g/mol. The first-order valence-electron chi connectivity index (χ1n) is 6.05. The molecule has 3 N–H and O–H groups in total. The van der Waals surface area contributed by atoms with E-state index in [4.69, 9.17) is 11.0 Å². The number of aromatic amines is 1. The van der Waals surface area contributed by atoms with E-state index in [0.717, 1.165) is 10.9 Å². The molecule has 0 aliphatic rings. The van der Waals surface area contributed by atoms with Crippen LogP contribution in [0.2, 0.25) is 0 Å². The first kappa shape index (κ1) is 13.0. The lowest BCUT2D eigenvalue weighted by Gasteiger charge is -2.22. The Kier molecular flexibility index (Phi) is 3.43. The number of nitrogens with two attached hydrogens (primary N) is 1. The van der Waals surface area contributed by atoms with Crippen molar-refractivity contribution in [1.82, 2.24) is 9.88 Å². The second kappa shape index (κ2) is 5.02. The highest BCUT2D eigenvalue weighted by Gasteiger charge is 2.20. The average molecular weight is 256 g/mol. The van der Waals surface area contributed by atoms with Gasteiger partial charge in [0.25, 0.3) is 5.91 Å². The van der Waals surface area contributed by atoms with E-state index in [9.17, 15) is 4.79 Å². The standard InChI is InChI=1S/C14H16N4O/c1-9(5-6-15)18(2)14(19)12-8-17-13-7-10(16)3-4-11(12)13/h3-4,7-9,17H,5,16H2,1-2H3. The number of benzene rings is 1. The summed E-state index contributed by atoms with van der Waals surface area (Å²) in [7, 11) is 1.71. The van der Waals surface area contributed by atoms with Crippen molar-refractivity contribution < 1.29 is 4.79 Å². The van der Waals surface area contributed by atoms with Gasteiger partial charge in [-0.2, -0.15) is 5.26 Å². The van der Waals surface area contributed by atoms with Crippen LogP contribution in [-0.4, -0.2) is 28.9 Å². The molecule has 5 nitrogen and oxygen atoms in total. The molecular formula is C14H16N4O. The summed E-state index contributed by atoms with van der Waals surface area (Å²) in [4.78, 5) is 17.0. The second-order valence-electron chi connectivity index (χ2n) is 4.63. The van der Waals surface area contributed by atoms with Crippen LogP contribution in [0.15, 0.2) is 24.4 Å². The summed E-state index contributed by atoms with van der Waals surface area (Å²) in [6, 6.07) is 7.36. The number of nitrogens with one attached hydrogen (secondary N) is 1. The number of fused-ring (bicyclic) bond motifs is 1. The van der Waals surface area contributed by atoms with Gasteiger partial charge in [-0.15, -0.1) is 0 Å². The molecule has 1 unspecified atom stereocenters. The number of hydrogen-bond donors (Lipinski definition) is 2. The third kappa shape index (κ3) is 2.38. The molecule has 2 aromatic rings. The number of H-pyrrole nitrogens is 1. The van der Waals surface area contributed by atoms with Gasteiger partial charge in [0.2, 0.25) is 0 Å².